The number of hydrogen-bond acceptors (Lipinski definition) is 13. The molecule has 2 fully saturated rings. The van der Waals surface area contributed by atoms with Crippen LogP contribution in [0.25, 0.3) is 0 Å². The number of piperidine rings is 2. The molecule has 5 rings (SSSR count). The molecule has 74 heavy (non-hydrogen) atoms. The summed E-state index contributed by atoms with van der Waals surface area (Å²) in [4.78, 5) is 118. The molecule has 5 N–H and O–H groups in total. The summed E-state index contributed by atoms with van der Waals surface area (Å²) in [7, 11) is 4.59. The molecule has 3 aromatic rings. The first-order chi connectivity index (χ1) is 35.5. The minimum Gasteiger partial charge on any atom is -0.493 e. The van der Waals surface area contributed by atoms with Crippen molar-refractivity contribution in [3.63, 3.8) is 0 Å². The van der Waals surface area contributed by atoms with Gasteiger partial charge in [0, 0.05) is 63.5 Å². The van der Waals surface area contributed by atoms with Crippen LogP contribution in [0.15, 0.2) is 60.7 Å². The van der Waals surface area contributed by atoms with Crippen molar-refractivity contribution >= 4 is 58.6 Å². The summed E-state index contributed by atoms with van der Waals surface area (Å²) in [5.41, 5.74) is 2.02. The number of ketones is 2. The number of carbonyl (C=O) groups is 9. The van der Waals surface area contributed by atoms with Crippen molar-refractivity contribution in [3.8, 4) is 17.2 Å². The Bertz CT molecular complexity index is 2510. The SMILES string of the molecule is CCC(C)(C)C(=O)C(=O)N1CCCCC1C(=O)C[C@H](CCc1ccc(OC)c(OC)c1)c1cccc(NC(=O)CCC(=O)NCCCCNC(=O)COc2cccc(COC)c2C(=O)NC2CCC(=O)NC2=O)c1. The third-order valence-corrected chi connectivity index (χ3v) is 13.5. The second kappa shape index (κ2) is 28.3. The molecule has 0 aliphatic carbocycles. The lowest BCUT2D eigenvalue weighted by Gasteiger charge is -2.36. The van der Waals surface area contributed by atoms with Gasteiger partial charge in [-0.1, -0.05) is 51.1 Å². The summed E-state index contributed by atoms with van der Waals surface area (Å²) >= 11 is 0. The molecule has 2 saturated heterocycles. The Kier molecular flexibility index (Phi) is 22.1. The highest BCUT2D eigenvalue weighted by Gasteiger charge is 2.40. The number of likely N-dealkylation sites (tertiary alicyclic amines) is 1. The third-order valence-electron chi connectivity index (χ3n) is 13.5. The summed E-state index contributed by atoms with van der Waals surface area (Å²) in [6.45, 7) is 5.97. The van der Waals surface area contributed by atoms with Crippen LogP contribution in [0.1, 0.15) is 131 Å². The Balaban J connectivity index is 1.09. The Morgan fingerprint density at radius 2 is 1.53 bits per heavy atom. The van der Waals surface area contributed by atoms with Gasteiger partial charge in [0.15, 0.2) is 23.9 Å². The van der Waals surface area contributed by atoms with Crippen molar-refractivity contribution in [2.24, 2.45) is 5.41 Å². The van der Waals surface area contributed by atoms with E-state index in [0.717, 1.165) is 17.5 Å². The summed E-state index contributed by atoms with van der Waals surface area (Å²) < 4.78 is 21.9. The monoisotopic (exact) mass is 1020 g/mol. The van der Waals surface area contributed by atoms with Gasteiger partial charge in [-0.3, -0.25) is 48.5 Å². The fourth-order valence-electron chi connectivity index (χ4n) is 8.83. The number of ether oxygens (including phenoxy) is 4. The number of nitrogens with zero attached hydrogens (tertiary/aromatic N) is 1. The van der Waals surface area contributed by atoms with E-state index in [2.05, 4.69) is 26.6 Å². The van der Waals surface area contributed by atoms with Crippen LogP contribution in [-0.4, -0.2) is 117 Å². The number of rotatable bonds is 28. The molecule has 0 radical (unpaired) electrons. The molecule has 19 heteroatoms. The average molecular weight is 1030 g/mol. The highest BCUT2D eigenvalue weighted by molar-refractivity contribution is 6.38. The lowest BCUT2D eigenvalue weighted by atomic mass is 9.82. The summed E-state index contributed by atoms with van der Waals surface area (Å²) in [5, 5.41) is 13.3. The standard InChI is InChI=1S/C55H72N6O13/c1-7-55(2,3)51(67)54(70)61-29-11-8-17-41(61)42(62)32-37(21-19-35-20-23-43(72-5)45(30-35)73-6)36-14-12-16-39(31-36)58-47(64)26-25-46(63)56-27-9-10-28-57-49(66)34-74-44-18-13-15-38(33-71-4)50(44)53(69)59-40-22-24-48(65)60-52(40)68/h12-16,18,20,23,30-31,37,40-41H,7-11,17,19,21-22,24-29,32-34H2,1-6H3,(H,56,63)(H,57,66)(H,58,64)(H,59,69)(H,60,65,68)/t37-,40?,41?/m0/s1. The van der Waals surface area contributed by atoms with Gasteiger partial charge in [-0.15, -0.1) is 0 Å². The van der Waals surface area contributed by atoms with Gasteiger partial charge in [0.2, 0.25) is 29.4 Å². The average Bonchev–Trinajstić information content (AvgIpc) is 3.39. The second-order valence-corrected chi connectivity index (χ2v) is 19.2. The van der Waals surface area contributed by atoms with E-state index in [0.29, 0.717) is 80.8 Å². The van der Waals surface area contributed by atoms with Crippen molar-refractivity contribution in [1.29, 1.82) is 0 Å². The van der Waals surface area contributed by atoms with Crippen LogP contribution in [0.2, 0.25) is 0 Å². The number of hydrogen-bond donors (Lipinski definition) is 5. The zero-order chi connectivity index (χ0) is 53.8. The van der Waals surface area contributed by atoms with E-state index in [9.17, 15) is 43.2 Å². The first-order valence-electron chi connectivity index (χ1n) is 25.4. The van der Waals surface area contributed by atoms with Gasteiger partial charge in [0.05, 0.1) is 32.4 Å². The van der Waals surface area contributed by atoms with E-state index in [1.165, 1.54) is 18.1 Å². The molecular formula is C55H72N6O13. The maximum absolute atomic E-state index is 14.3. The quantitative estimate of drug-likeness (QED) is 0.0354. The topological polar surface area (TPSA) is 254 Å². The minimum absolute atomic E-state index is 0.0598. The van der Waals surface area contributed by atoms with Gasteiger partial charge >= 0.3 is 0 Å². The molecule has 7 amide bonds. The molecule has 2 unspecified atom stereocenters. The third kappa shape index (κ3) is 16.7. The first-order valence-corrected chi connectivity index (χ1v) is 25.4. The summed E-state index contributed by atoms with van der Waals surface area (Å²) in [5.74, 6) is -3.01. The minimum atomic E-state index is -0.911. The van der Waals surface area contributed by atoms with Crippen molar-refractivity contribution in [2.75, 3.05) is 52.9 Å². The number of methoxy groups -OCH3 is 3. The van der Waals surface area contributed by atoms with Crippen molar-refractivity contribution in [1.82, 2.24) is 26.2 Å². The molecule has 0 aromatic heterocycles. The van der Waals surface area contributed by atoms with Gasteiger partial charge < -0.3 is 45.1 Å². The number of nitrogens with one attached hydrogen (secondary N) is 5. The Morgan fingerprint density at radius 1 is 0.811 bits per heavy atom. The maximum atomic E-state index is 14.3. The van der Waals surface area contributed by atoms with Gasteiger partial charge in [0.1, 0.15) is 11.8 Å². The Labute approximate surface area is 432 Å². The van der Waals surface area contributed by atoms with Crippen LogP contribution in [0.5, 0.6) is 17.2 Å². The molecule has 2 heterocycles. The highest BCUT2D eigenvalue weighted by Crippen LogP contribution is 2.34. The van der Waals surface area contributed by atoms with Crippen LogP contribution >= 0.6 is 0 Å². The second-order valence-electron chi connectivity index (χ2n) is 19.2. The fourth-order valence-corrected chi connectivity index (χ4v) is 8.83. The smallest absolute Gasteiger partial charge is 0.291 e. The van der Waals surface area contributed by atoms with E-state index >= 15 is 0 Å². The van der Waals surface area contributed by atoms with Gasteiger partial charge in [-0.2, -0.15) is 0 Å². The first kappa shape index (κ1) is 57.7. The lowest BCUT2D eigenvalue weighted by Crippen LogP contribution is -2.52. The zero-order valence-corrected chi connectivity index (χ0v) is 43.5. The van der Waals surface area contributed by atoms with Gasteiger partial charge in [0.25, 0.3) is 17.7 Å². The predicted octanol–water partition coefficient (Wildman–Crippen LogP) is 5.26. The highest BCUT2D eigenvalue weighted by atomic mass is 16.5. The molecule has 2 aliphatic heterocycles. The normalized spacial score (nSPS) is 16.0. The van der Waals surface area contributed by atoms with E-state index in [-0.39, 0.29) is 80.1 Å². The van der Waals surface area contributed by atoms with Crippen LogP contribution in [-0.2, 0) is 56.1 Å². The largest absolute Gasteiger partial charge is 0.493 e. The fraction of sp³-hybridized carbons (Fsp3) is 0.509. The maximum Gasteiger partial charge on any atom is 0.291 e. The van der Waals surface area contributed by atoms with E-state index < -0.39 is 59.4 Å². The Morgan fingerprint density at radius 3 is 2.23 bits per heavy atom. The van der Waals surface area contributed by atoms with Crippen LogP contribution in [0.4, 0.5) is 5.69 Å². The van der Waals surface area contributed by atoms with Crippen LogP contribution < -0.4 is 40.8 Å². The molecule has 3 aromatic carbocycles. The van der Waals surface area contributed by atoms with Crippen molar-refractivity contribution in [2.45, 2.75) is 129 Å². The van der Waals surface area contributed by atoms with Gasteiger partial charge in [-0.05, 0) is 111 Å². The number of Topliss-reactive ketones (excluding diaryl/α,β-unsaturated/α-hetero) is 2. The molecule has 3 atom stereocenters. The molecule has 0 spiro atoms. The van der Waals surface area contributed by atoms with Gasteiger partial charge in [-0.25, -0.2) is 0 Å². The van der Waals surface area contributed by atoms with Crippen LogP contribution in [0, 0.1) is 5.41 Å². The van der Waals surface area contributed by atoms with Crippen molar-refractivity contribution < 1.29 is 62.1 Å². The molecule has 0 saturated carbocycles. The van der Waals surface area contributed by atoms with Crippen molar-refractivity contribution in [3.05, 3.63) is 82.9 Å². The van der Waals surface area contributed by atoms with E-state index in [4.69, 9.17) is 18.9 Å². The Hall–Kier alpha value is -7.15. The molecule has 19 nitrogen and oxygen atoms in total. The number of anilines is 1. The lowest BCUT2D eigenvalue weighted by molar-refractivity contribution is -0.153. The molecular weight excluding hydrogens is 953 g/mol. The number of benzene rings is 3. The van der Waals surface area contributed by atoms with Crippen LogP contribution in [0.3, 0.4) is 0 Å². The zero-order valence-electron chi connectivity index (χ0n) is 43.5. The number of unbranched alkanes of at least 4 members (excludes halogenated alkanes) is 1. The number of carbonyl (C=O) groups excluding carboxylic acids is 9. The van der Waals surface area contributed by atoms with E-state index in [1.54, 1.807) is 52.3 Å². The number of imide groups is 1. The number of amides is 7. The number of aryl methyl sites for hydroxylation is 1. The molecule has 2 aliphatic rings. The molecule has 400 valence electrons. The predicted molar refractivity (Wildman–Crippen MR) is 275 cm³/mol. The molecule has 0 bridgehead atoms. The van der Waals surface area contributed by atoms with E-state index in [1.807, 2.05) is 37.3 Å². The summed E-state index contributed by atoms with van der Waals surface area (Å²) in [6, 6.07) is 16.2. The summed E-state index contributed by atoms with van der Waals surface area (Å²) in [6.07, 6.45) is 4.83.